The van der Waals surface area contributed by atoms with Crippen LogP contribution < -0.4 is 0 Å². The number of hydrogen-bond acceptors (Lipinski definition) is 1. The molecule has 0 amide bonds. The molecule has 1 fully saturated rings. The molecular formula is C23H35N. The van der Waals surface area contributed by atoms with Gasteiger partial charge in [-0.1, -0.05) is 57.2 Å². The van der Waals surface area contributed by atoms with Gasteiger partial charge in [-0.05, 0) is 73.8 Å². The van der Waals surface area contributed by atoms with Crippen molar-refractivity contribution in [2.24, 2.45) is 28.2 Å². The highest BCUT2D eigenvalue weighted by molar-refractivity contribution is 5.83. The lowest BCUT2D eigenvalue weighted by molar-refractivity contribution is 0.142. The van der Waals surface area contributed by atoms with Crippen LogP contribution in [0.1, 0.15) is 60.3 Å². The molecule has 0 aromatic rings. The molecular weight excluding hydrogens is 290 g/mol. The molecule has 4 unspecified atom stereocenters. The van der Waals surface area contributed by atoms with Crippen molar-refractivity contribution in [2.45, 2.75) is 60.3 Å². The highest BCUT2D eigenvalue weighted by atomic mass is 14.7. The van der Waals surface area contributed by atoms with Crippen LogP contribution in [0.3, 0.4) is 0 Å². The molecule has 0 aliphatic heterocycles. The second-order valence-electron chi connectivity index (χ2n) is 8.07. The average Bonchev–Trinajstić information content (AvgIpc) is 2.89. The quantitative estimate of drug-likeness (QED) is 0.298. The summed E-state index contributed by atoms with van der Waals surface area (Å²) in [6, 6.07) is 0. The zero-order valence-electron chi connectivity index (χ0n) is 16.3. The Hall–Kier alpha value is -1.37. The van der Waals surface area contributed by atoms with Gasteiger partial charge in [0.2, 0.25) is 0 Å². The van der Waals surface area contributed by atoms with Gasteiger partial charge in [0.05, 0.1) is 0 Å². The van der Waals surface area contributed by atoms with Gasteiger partial charge >= 0.3 is 0 Å². The molecule has 1 saturated carbocycles. The third kappa shape index (κ3) is 3.82. The van der Waals surface area contributed by atoms with Crippen molar-refractivity contribution in [1.82, 2.24) is 0 Å². The molecule has 1 nitrogen and oxygen atoms in total. The van der Waals surface area contributed by atoms with E-state index in [2.05, 4.69) is 76.7 Å². The van der Waals surface area contributed by atoms with Gasteiger partial charge in [-0.25, -0.2) is 0 Å². The first-order valence-corrected chi connectivity index (χ1v) is 9.62. The van der Waals surface area contributed by atoms with Crippen molar-refractivity contribution in [3.05, 3.63) is 47.6 Å². The Morgan fingerprint density at radius 3 is 2.71 bits per heavy atom. The molecule has 4 atom stereocenters. The van der Waals surface area contributed by atoms with Crippen molar-refractivity contribution in [3.63, 3.8) is 0 Å². The molecule has 0 bridgehead atoms. The minimum Gasteiger partial charge on any atom is -0.293 e. The van der Waals surface area contributed by atoms with Gasteiger partial charge in [-0.3, -0.25) is 4.99 Å². The number of nitrogens with zero attached hydrogens (tertiary/aromatic N) is 1. The van der Waals surface area contributed by atoms with Crippen molar-refractivity contribution in [2.75, 3.05) is 6.54 Å². The van der Waals surface area contributed by atoms with Gasteiger partial charge in [0.1, 0.15) is 0 Å². The molecule has 2 aliphatic carbocycles. The molecule has 132 valence electrons. The molecule has 0 radical (unpaired) electrons. The fourth-order valence-electron chi connectivity index (χ4n) is 4.72. The molecule has 2 rings (SSSR count). The summed E-state index contributed by atoms with van der Waals surface area (Å²) in [5.74, 6) is 2.12. The van der Waals surface area contributed by atoms with Crippen molar-refractivity contribution in [1.29, 1.82) is 0 Å². The lowest BCUT2D eigenvalue weighted by atomic mass is 9.63. The number of rotatable bonds is 6. The van der Waals surface area contributed by atoms with Crippen LogP contribution >= 0.6 is 0 Å². The van der Waals surface area contributed by atoms with Crippen LogP contribution in [0.4, 0.5) is 0 Å². The van der Waals surface area contributed by atoms with E-state index in [0.29, 0.717) is 17.3 Å². The summed E-state index contributed by atoms with van der Waals surface area (Å²) in [6.45, 7) is 16.5. The van der Waals surface area contributed by atoms with E-state index in [4.69, 9.17) is 0 Å². The maximum atomic E-state index is 4.56. The number of hydrogen-bond donors (Lipinski definition) is 0. The van der Waals surface area contributed by atoms with Crippen LogP contribution in [0.25, 0.3) is 0 Å². The van der Waals surface area contributed by atoms with Crippen LogP contribution in [-0.2, 0) is 0 Å². The molecule has 0 heterocycles. The van der Waals surface area contributed by atoms with E-state index in [1.54, 1.807) is 0 Å². The van der Waals surface area contributed by atoms with Gasteiger partial charge in [-0.15, -0.1) is 0 Å². The highest BCUT2D eigenvalue weighted by Crippen LogP contribution is 2.57. The second kappa shape index (κ2) is 8.14. The SMILES string of the molecule is C=CC(=CC(C=NCCC)=C(C)C)C1CCC2C(C)C=CCC12C. The molecule has 0 N–H and O–H groups in total. The fraction of sp³-hybridized carbons (Fsp3) is 0.609. The van der Waals surface area contributed by atoms with Crippen LogP contribution in [0.5, 0.6) is 0 Å². The van der Waals surface area contributed by atoms with E-state index in [-0.39, 0.29) is 0 Å². The molecule has 0 saturated heterocycles. The summed E-state index contributed by atoms with van der Waals surface area (Å²) in [4.78, 5) is 4.56. The molecule has 1 heteroatoms. The van der Waals surface area contributed by atoms with Crippen LogP contribution in [0, 0.1) is 23.2 Å². The first-order chi connectivity index (χ1) is 11.4. The Kier molecular flexibility index (Phi) is 6.43. The largest absolute Gasteiger partial charge is 0.293 e. The zero-order chi connectivity index (χ0) is 17.7. The molecule has 0 spiro atoms. The average molecular weight is 326 g/mol. The number of aliphatic imine (C=N–C) groups is 1. The Morgan fingerprint density at radius 2 is 2.08 bits per heavy atom. The standard InChI is InChI=1S/C23H35N/c1-7-14-24-16-20(17(3)4)15-19(8-2)22-12-11-21-18(5)10-9-13-23(21,22)6/h8-10,15-16,18,21-22H,2,7,11-14H2,1,3-6H3. The maximum Gasteiger partial charge on any atom is 0.0386 e. The van der Waals surface area contributed by atoms with Crippen molar-refractivity contribution in [3.8, 4) is 0 Å². The van der Waals surface area contributed by atoms with Gasteiger partial charge in [0.15, 0.2) is 0 Å². The normalized spacial score (nSPS) is 32.9. The molecule has 0 aromatic heterocycles. The third-order valence-electron chi connectivity index (χ3n) is 6.16. The van der Waals surface area contributed by atoms with E-state index in [0.717, 1.165) is 18.9 Å². The highest BCUT2D eigenvalue weighted by Gasteiger charge is 2.49. The fourth-order valence-corrected chi connectivity index (χ4v) is 4.72. The third-order valence-corrected chi connectivity index (χ3v) is 6.16. The minimum absolute atomic E-state index is 0.376. The monoisotopic (exact) mass is 325 g/mol. The van der Waals surface area contributed by atoms with Crippen molar-refractivity contribution >= 4 is 6.21 Å². The predicted octanol–water partition coefficient (Wildman–Crippen LogP) is 6.54. The van der Waals surface area contributed by atoms with E-state index < -0.39 is 0 Å². The molecule has 2 aliphatic rings. The summed E-state index contributed by atoms with van der Waals surface area (Å²) in [6.07, 6.45) is 16.2. The predicted molar refractivity (Wildman–Crippen MR) is 108 cm³/mol. The van der Waals surface area contributed by atoms with E-state index in [1.165, 1.54) is 36.0 Å². The number of allylic oxidation sites excluding steroid dienone is 7. The van der Waals surface area contributed by atoms with Crippen molar-refractivity contribution < 1.29 is 0 Å². The smallest absolute Gasteiger partial charge is 0.0386 e. The van der Waals surface area contributed by atoms with Crippen LogP contribution in [0.15, 0.2) is 52.6 Å². The maximum absolute atomic E-state index is 4.56. The first-order valence-electron chi connectivity index (χ1n) is 9.62. The van der Waals surface area contributed by atoms with E-state index in [9.17, 15) is 0 Å². The summed E-state index contributed by atoms with van der Waals surface area (Å²) < 4.78 is 0. The summed E-state index contributed by atoms with van der Waals surface area (Å²) in [5.41, 5.74) is 4.36. The number of fused-ring (bicyclic) bond motifs is 1. The van der Waals surface area contributed by atoms with E-state index >= 15 is 0 Å². The lowest BCUT2D eigenvalue weighted by Gasteiger charge is -2.42. The summed E-state index contributed by atoms with van der Waals surface area (Å²) in [7, 11) is 0. The van der Waals surface area contributed by atoms with Gasteiger partial charge in [0.25, 0.3) is 0 Å². The first kappa shape index (κ1) is 19.0. The van der Waals surface area contributed by atoms with Crippen LogP contribution in [0.2, 0.25) is 0 Å². The summed E-state index contributed by atoms with van der Waals surface area (Å²) >= 11 is 0. The van der Waals surface area contributed by atoms with Gasteiger partial charge in [-0.2, -0.15) is 0 Å². The Labute approximate surface area is 149 Å². The molecule has 0 aromatic carbocycles. The van der Waals surface area contributed by atoms with Gasteiger partial charge in [0, 0.05) is 12.8 Å². The minimum atomic E-state index is 0.376. The van der Waals surface area contributed by atoms with Crippen LogP contribution in [-0.4, -0.2) is 12.8 Å². The Balaban J connectivity index is 2.32. The topological polar surface area (TPSA) is 12.4 Å². The molecule has 24 heavy (non-hydrogen) atoms. The zero-order valence-corrected chi connectivity index (χ0v) is 16.3. The Morgan fingerprint density at radius 1 is 1.33 bits per heavy atom. The second-order valence-corrected chi connectivity index (χ2v) is 8.07. The van der Waals surface area contributed by atoms with E-state index in [1.807, 2.05) is 0 Å². The lowest BCUT2D eigenvalue weighted by Crippen LogP contribution is -2.34. The van der Waals surface area contributed by atoms with Gasteiger partial charge < -0.3 is 0 Å². The summed E-state index contributed by atoms with van der Waals surface area (Å²) in [5, 5.41) is 0. The Bertz CT molecular complexity index is 571.